The maximum Gasteiger partial charge on any atom is 0.328 e. The van der Waals surface area contributed by atoms with Crippen LogP contribution in [0.15, 0.2) is 83.9 Å². The van der Waals surface area contributed by atoms with Crippen LogP contribution < -0.4 is 21.3 Å². The number of carbonyl (C=O) groups excluding carboxylic acids is 3. The van der Waals surface area contributed by atoms with Gasteiger partial charge in [0.25, 0.3) is 5.91 Å². The molecule has 1 aliphatic rings. The van der Waals surface area contributed by atoms with E-state index in [-0.39, 0.29) is 23.4 Å². The Kier molecular flexibility index (Phi) is 9.83. The number of sulfonamides is 1. The number of hydrogen-bond donors (Lipinski definition) is 5. The number of carboxylic acid groups (broad SMARTS) is 1. The normalized spacial score (nSPS) is 15.8. The van der Waals surface area contributed by atoms with Crippen molar-refractivity contribution in [3.63, 3.8) is 0 Å². The Morgan fingerprint density at radius 1 is 0.976 bits per heavy atom. The number of hydrogen-bond acceptors (Lipinski definition) is 8. The molecule has 3 aromatic rings. The van der Waals surface area contributed by atoms with Crippen molar-refractivity contribution in [2.45, 2.75) is 29.8 Å². The number of rotatable bonds is 12. The molecular weight excluding hydrogens is 564 g/mol. The minimum atomic E-state index is -3.96. The smallest absolute Gasteiger partial charge is 0.328 e. The van der Waals surface area contributed by atoms with Crippen LogP contribution in [-0.2, 0) is 24.4 Å². The number of aliphatic carboxylic acids is 1. The van der Waals surface area contributed by atoms with Gasteiger partial charge in [-0.1, -0.05) is 30.3 Å². The Morgan fingerprint density at radius 2 is 1.74 bits per heavy atom. The van der Waals surface area contributed by atoms with Gasteiger partial charge in [0.1, 0.15) is 17.9 Å². The Bertz CT molecular complexity index is 1540. The van der Waals surface area contributed by atoms with E-state index in [2.05, 4.69) is 26.3 Å². The van der Waals surface area contributed by atoms with Crippen molar-refractivity contribution < 1.29 is 32.7 Å². The number of aromatic nitrogens is 1. The van der Waals surface area contributed by atoms with Gasteiger partial charge in [-0.15, -0.1) is 0 Å². The fraction of sp³-hybridized carbons (Fsp3) is 0.250. The van der Waals surface area contributed by atoms with E-state index in [1.807, 2.05) is 6.07 Å². The van der Waals surface area contributed by atoms with Crippen molar-refractivity contribution in [2.75, 3.05) is 25.0 Å². The maximum absolute atomic E-state index is 13.0. The third-order valence-electron chi connectivity index (χ3n) is 6.45. The topological polar surface area (TPSA) is 187 Å². The summed E-state index contributed by atoms with van der Waals surface area (Å²) in [6.45, 7) is -0.800. The molecule has 1 aliphatic heterocycles. The molecule has 0 aliphatic carbocycles. The van der Waals surface area contributed by atoms with E-state index < -0.39 is 58.9 Å². The molecule has 5 N–H and O–H groups in total. The van der Waals surface area contributed by atoms with E-state index in [1.54, 1.807) is 60.8 Å². The van der Waals surface area contributed by atoms with Crippen LogP contribution in [-0.4, -0.2) is 78.2 Å². The van der Waals surface area contributed by atoms with Crippen LogP contribution in [0, 0.1) is 0 Å². The maximum atomic E-state index is 13.0. The van der Waals surface area contributed by atoms with Crippen molar-refractivity contribution in [2.24, 2.45) is 0 Å². The number of amides is 3. The minimum Gasteiger partial charge on any atom is -0.480 e. The fourth-order valence-electron chi connectivity index (χ4n) is 4.35. The zero-order valence-electron chi connectivity index (χ0n) is 22.4. The van der Waals surface area contributed by atoms with Gasteiger partial charge >= 0.3 is 5.97 Å². The van der Waals surface area contributed by atoms with Crippen molar-refractivity contribution in [3.05, 3.63) is 84.6 Å². The highest BCUT2D eigenvalue weighted by Gasteiger charge is 2.40. The third kappa shape index (κ3) is 7.67. The molecule has 14 heteroatoms. The molecule has 0 bridgehead atoms. The highest BCUT2D eigenvalue weighted by Crippen LogP contribution is 2.26. The zero-order valence-corrected chi connectivity index (χ0v) is 23.2. The minimum absolute atomic E-state index is 0.0324. The lowest BCUT2D eigenvalue weighted by atomic mass is 10.2. The molecule has 220 valence electrons. The first-order valence-electron chi connectivity index (χ1n) is 13.1. The van der Waals surface area contributed by atoms with E-state index in [9.17, 15) is 32.7 Å². The SMILES string of the molecule is O=C(CNC(=O)c1cccc(Nc2ccccn2)c1)NC[C@H](NC(=O)[C@@H]1CCCN1S(=O)(=O)c1ccccc1)C(=O)O. The van der Waals surface area contributed by atoms with E-state index in [1.165, 1.54) is 12.1 Å². The van der Waals surface area contributed by atoms with Gasteiger partial charge in [-0.2, -0.15) is 4.31 Å². The van der Waals surface area contributed by atoms with E-state index >= 15 is 0 Å². The van der Waals surface area contributed by atoms with Gasteiger partial charge in [0.05, 0.1) is 11.4 Å². The molecule has 2 atom stereocenters. The first-order chi connectivity index (χ1) is 20.1. The molecule has 1 saturated heterocycles. The quantitative estimate of drug-likeness (QED) is 0.205. The lowest BCUT2D eigenvalue weighted by molar-refractivity contribution is -0.142. The standard InChI is InChI=1S/C28H30N6O7S/c35-25(18-31-26(36)19-8-6-9-20(16-19)32-24-13-4-5-14-29-24)30-17-22(28(38)39)33-27(37)23-12-7-15-34(23)42(40,41)21-10-2-1-3-11-21/h1-6,8-11,13-14,16,22-23H,7,12,15,17-18H2,(H,29,32)(H,30,35)(H,31,36)(H,33,37)(H,38,39)/t22-,23-/m0/s1. The van der Waals surface area contributed by atoms with Gasteiger partial charge in [0, 0.05) is 30.5 Å². The van der Waals surface area contributed by atoms with Gasteiger partial charge in [-0.05, 0) is 55.3 Å². The summed E-state index contributed by atoms with van der Waals surface area (Å²) in [5, 5.41) is 19.8. The molecule has 13 nitrogen and oxygen atoms in total. The van der Waals surface area contributed by atoms with E-state index in [0.717, 1.165) is 4.31 Å². The highest BCUT2D eigenvalue weighted by atomic mass is 32.2. The predicted octanol–water partition coefficient (Wildman–Crippen LogP) is 1.09. The van der Waals surface area contributed by atoms with Crippen molar-refractivity contribution in [1.29, 1.82) is 0 Å². The Balaban J connectivity index is 1.28. The number of benzene rings is 2. The molecule has 2 aromatic carbocycles. The first kappa shape index (κ1) is 30.1. The monoisotopic (exact) mass is 594 g/mol. The summed E-state index contributed by atoms with van der Waals surface area (Å²) in [4.78, 5) is 53.9. The molecule has 0 unspecified atom stereocenters. The summed E-state index contributed by atoms with van der Waals surface area (Å²) in [6, 6.07) is 17.0. The molecule has 0 spiro atoms. The molecule has 0 saturated carbocycles. The summed E-state index contributed by atoms with van der Waals surface area (Å²) in [6.07, 6.45) is 2.28. The van der Waals surface area contributed by atoms with Crippen molar-refractivity contribution in [3.8, 4) is 0 Å². The average Bonchev–Trinajstić information content (AvgIpc) is 3.50. The molecule has 0 radical (unpaired) electrons. The van der Waals surface area contributed by atoms with Crippen LogP contribution in [0.4, 0.5) is 11.5 Å². The summed E-state index contributed by atoms with van der Waals surface area (Å²) in [5.74, 6) is -2.81. The molecular formula is C28H30N6O7S. The van der Waals surface area contributed by atoms with Crippen LogP contribution in [0.25, 0.3) is 0 Å². The molecule has 3 amide bonds. The number of nitrogens with zero attached hydrogens (tertiary/aromatic N) is 2. The van der Waals surface area contributed by atoms with Crippen LogP contribution in [0.1, 0.15) is 23.2 Å². The Morgan fingerprint density at radius 3 is 2.45 bits per heavy atom. The summed E-state index contributed by atoms with van der Waals surface area (Å²) in [5.41, 5.74) is 0.897. The highest BCUT2D eigenvalue weighted by molar-refractivity contribution is 7.89. The van der Waals surface area contributed by atoms with Crippen molar-refractivity contribution in [1.82, 2.24) is 25.2 Å². The zero-order chi connectivity index (χ0) is 30.1. The van der Waals surface area contributed by atoms with Crippen LogP contribution in [0.2, 0.25) is 0 Å². The lowest BCUT2D eigenvalue weighted by Gasteiger charge is -2.25. The van der Waals surface area contributed by atoms with Crippen LogP contribution in [0.3, 0.4) is 0 Å². The number of anilines is 2. The third-order valence-corrected chi connectivity index (χ3v) is 8.37. The lowest BCUT2D eigenvalue weighted by Crippen LogP contribution is -2.54. The fourth-order valence-corrected chi connectivity index (χ4v) is 6.03. The number of carbonyl (C=O) groups is 4. The number of pyridine rings is 1. The number of nitrogens with one attached hydrogen (secondary N) is 4. The van der Waals surface area contributed by atoms with Crippen LogP contribution in [0.5, 0.6) is 0 Å². The van der Waals surface area contributed by atoms with Gasteiger partial charge < -0.3 is 26.4 Å². The summed E-state index contributed by atoms with van der Waals surface area (Å²) in [7, 11) is -3.96. The summed E-state index contributed by atoms with van der Waals surface area (Å²) >= 11 is 0. The van der Waals surface area contributed by atoms with Crippen molar-refractivity contribution >= 4 is 45.2 Å². The Hall–Kier alpha value is -4.82. The Labute approximate surface area is 242 Å². The van der Waals surface area contributed by atoms with Gasteiger partial charge in [0.15, 0.2) is 0 Å². The molecule has 2 heterocycles. The largest absolute Gasteiger partial charge is 0.480 e. The molecule has 42 heavy (non-hydrogen) atoms. The second-order valence-electron chi connectivity index (χ2n) is 9.39. The van der Waals surface area contributed by atoms with Gasteiger partial charge in [-0.25, -0.2) is 18.2 Å². The summed E-state index contributed by atoms with van der Waals surface area (Å²) < 4.78 is 27.2. The molecule has 1 aromatic heterocycles. The predicted molar refractivity (Wildman–Crippen MR) is 152 cm³/mol. The van der Waals surface area contributed by atoms with E-state index in [0.29, 0.717) is 17.9 Å². The number of carboxylic acids is 1. The molecule has 4 rings (SSSR count). The van der Waals surface area contributed by atoms with E-state index in [4.69, 9.17) is 0 Å². The first-order valence-corrected chi connectivity index (χ1v) is 14.5. The second-order valence-corrected chi connectivity index (χ2v) is 11.3. The van der Waals surface area contributed by atoms with Gasteiger partial charge in [0.2, 0.25) is 21.8 Å². The molecule has 1 fully saturated rings. The van der Waals surface area contributed by atoms with Crippen LogP contribution >= 0.6 is 0 Å². The average molecular weight is 595 g/mol. The van der Waals surface area contributed by atoms with Gasteiger partial charge in [-0.3, -0.25) is 14.4 Å². The second kappa shape index (κ2) is 13.7.